The molecule has 4 nitrogen and oxygen atoms in total. The average molecular weight is 754 g/mol. The minimum atomic E-state index is -6.53. The zero-order valence-corrected chi connectivity index (χ0v) is 29.2. The van der Waals surface area contributed by atoms with E-state index >= 15 is 0 Å². The molecule has 2 saturated heterocycles. The van der Waals surface area contributed by atoms with Crippen LogP contribution in [-0.2, 0) is 20.7 Å². The van der Waals surface area contributed by atoms with E-state index in [1.54, 1.807) is 12.1 Å². The molecule has 46 heavy (non-hydrogen) atoms. The summed E-state index contributed by atoms with van der Waals surface area (Å²) < 4.78 is 91.7. The number of carbonyl (C=O) groups is 2. The Morgan fingerprint density at radius 2 is 1.30 bits per heavy atom. The number of unbranched alkanes of at least 4 members (excludes halogenated alkanes) is 4. The van der Waals surface area contributed by atoms with Crippen LogP contribution < -0.4 is 0 Å². The summed E-state index contributed by atoms with van der Waals surface area (Å²) in [6, 6.07) is 7.60. The second kappa shape index (κ2) is 21.3. The first-order valence-corrected chi connectivity index (χ1v) is 16.6. The molecule has 2 aliphatic rings. The molecular weight excluding hydrogens is 711 g/mol. The molecule has 3 rings (SSSR count). The fourth-order valence-electron chi connectivity index (χ4n) is 4.03. The third kappa shape index (κ3) is 17.0. The van der Waals surface area contributed by atoms with Crippen LogP contribution in [0.5, 0.6) is 0 Å². The Balaban J connectivity index is 0.000000608. The molecule has 2 aliphatic heterocycles. The smallest absolute Gasteiger partial charge is 0.360 e. The van der Waals surface area contributed by atoms with Crippen LogP contribution in [0.3, 0.4) is 0 Å². The predicted octanol–water partition coefficient (Wildman–Crippen LogP) is 11.8. The Bertz CT molecular complexity index is 1010. The number of hydrogen-bond acceptors (Lipinski definition) is 4. The van der Waals surface area contributed by atoms with E-state index < -0.39 is 23.3 Å². The lowest BCUT2D eigenvalue weighted by Crippen LogP contribution is -2.54. The number of hydrogen-bond donors (Lipinski definition) is 0. The van der Waals surface area contributed by atoms with Gasteiger partial charge in [0.05, 0.1) is 0 Å². The summed E-state index contributed by atoms with van der Waals surface area (Å²) in [5.41, 5.74) is 1.87. The van der Waals surface area contributed by atoms with Crippen molar-refractivity contribution in [1.82, 2.24) is 0 Å². The zero-order valence-electron chi connectivity index (χ0n) is 26.2. The maximum Gasteiger partial charge on any atom is 0.460 e. The summed E-state index contributed by atoms with van der Waals surface area (Å²) in [6.45, 7) is 7.89. The third-order valence-electron chi connectivity index (χ3n) is 7.00. The first-order valence-electron chi connectivity index (χ1n) is 15.1. The van der Waals surface area contributed by atoms with Gasteiger partial charge in [-0.05, 0) is 106 Å². The summed E-state index contributed by atoms with van der Waals surface area (Å²) in [6.07, 6.45) is 8.75. The van der Waals surface area contributed by atoms with Crippen LogP contribution in [0.2, 0.25) is 0 Å². The first-order chi connectivity index (χ1) is 21.2. The van der Waals surface area contributed by atoms with Crippen molar-refractivity contribution in [2.45, 2.75) is 132 Å². The molecule has 268 valence electrons. The van der Waals surface area contributed by atoms with Gasteiger partial charge in [-0.2, -0.15) is 30.7 Å². The summed E-state index contributed by atoms with van der Waals surface area (Å²) in [5.74, 6) is -12.4. The molecule has 0 spiro atoms. The lowest BCUT2D eigenvalue weighted by atomic mass is 10.0. The summed E-state index contributed by atoms with van der Waals surface area (Å²) in [4.78, 5) is 20.4. The van der Waals surface area contributed by atoms with Crippen molar-refractivity contribution in [2.24, 2.45) is 0 Å². The van der Waals surface area contributed by atoms with E-state index in [1.807, 2.05) is 19.1 Å². The van der Waals surface area contributed by atoms with Gasteiger partial charge in [0.1, 0.15) is 10.1 Å². The van der Waals surface area contributed by atoms with Crippen LogP contribution in [-0.4, -0.2) is 51.8 Å². The van der Waals surface area contributed by atoms with Crippen molar-refractivity contribution in [2.75, 3.05) is 13.2 Å². The number of ether oxygens (including phenoxy) is 2. The molecular formula is C31H43Cl4F7O4. The van der Waals surface area contributed by atoms with Crippen LogP contribution in [0.1, 0.15) is 114 Å². The standard InChI is InChI=1S/C14H19ClO.C7H13ClO.C6H11ClO.C4ClF7O/c1-2-3-4-5-6-7-12-8-10-13(11-9-12)14(15)16;1-2-7(8)5-3-4-6-9-7;1-6(7)4-2-3-5-8-6;5-1(13)2(6,7)3(8,9)4(10,11)12/h8-11H,2-7H2,1H3;2-6H2,1H3;2-5H2,1H3;. The molecule has 2 atom stereocenters. The second-order valence-electron chi connectivity index (χ2n) is 11.0. The molecule has 0 saturated carbocycles. The summed E-state index contributed by atoms with van der Waals surface area (Å²) in [5, 5.41) is -4.10. The molecule has 2 heterocycles. The fraction of sp³-hybridized carbons (Fsp3) is 0.742. The van der Waals surface area contributed by atoms with Crippen LogP contribution in [0.4, 0.5) is 30.7 Å². The van der Waals surface area contributed by atoms with Crippen molar-refractivity contribution in [3.8, 4) is 0 Å². The van der Waals surface area contributed by atoms with E-state index in [2.05, 4.69) is 25.4 Å². The Hall–Kier alpha value is -0.850. The van der Waals surface area contributed by atoms with Crippen molar-refractivity contribution < 1.29 is 49.8 Å². The summed E-state index contributed by atoms with van der Waals surface area (Å²) in [7, 11) is 0. The number of carbonyl (C=O) groups excluding carboxylic acids is 2. The van der Waals surface area contributed by atoms with Crippen molar-refractivity contribution in [3.05, 3.63) is 35.4 Å². The van der Waals surface area contributed by atoms with Crippen LogP contribution in [0.15, 0.2) is 24.3 Å². The van der Waals surface area contributed by atoms with Crippen molar-refractivity contribution in [1.29, 1.82) is 0 Å². The van der Waals surface area contributed by atoms with Gasteiger partial charge >= 0.3 is 18.0 Å². The minimum absolute atomic E-state index is 0.307. The number of aryl methyl sites for hydroxylation is 1. The Kier molecular flexibility index (Phi) is 20.9. The van der Waals surface area contributed by atoms with Gasteiger partial charge in [0, 0.05) is 18.8 Å². The molecule has 15 heteroatoms. The van der Waals surface area contributed by atoms with Gasteiger partial charge in [0.2, 0.25) is 0 Å². The normalized spacial score (nSPS) is 21.8. The van der Waals surface area contributed by atoms with E-state index in [1.165, 1.54) is 63.4 Å². The second-order valence-corrected chi connectivity index (χ2v) is 13.2. The van der Waals surface area contributed by atoms with E-state index in [4.69, 9.17) is 44.3 Å². The zero-order chi connectivity index (χ0) is 35.7. The number of halogens is 11. The lowest BCUT2D eigenvalue weighted by molar-refractivity contribution is -0.341. The highest BCUT2D eigenvalue weighted by Gasteiger charge is 2.76. The number of alkyl halides is 9. The van der Waals surface area contributed by atoms with E-state index in [-0.39, 0.29) is 15.4 Å². The van der Waals surface area contributed by atoms with Gasteiger partial charge in [-0.15, -0.1) is 0 Å². The van der Waals surface area contributed by atoms with Gasteiger partial charge < -0.3 is 9.47 Å². The molecule has 0 N–H and O–H groups in total. The molecule has 0 amide bonds. The first kappa shape index (κ1) is 45.2. The van der Waals surface area contributed by atoms with E-state index in [0.717, 1.165) is 38.9 Å². The van der Waals surface area contributed by atoms with Crippen LogP contribution >= 0.6 is 46.4 Å². The highest BCUT2D eigenvalue weighted by molar-refractivity contribution is 6.67. The number of benzene rings is 1. The quantitative estimate of drug-likeness (QED) is 0.103. The third-order valence-corrected chi connectivity index (χ3v) is 8.32. The monoisotopic (exact) mass is 752 g/mol. The topological polar surface area (TPSA) is 52.6 Å². The molecule has 1 aromatic carbocycles. The highest BCUT2D eigenvalue weighted by Crippen LogP contribution is 2.47. The minimum Gasteiger partial charge on any atom is -0.360 e. The largest absolute Gasteiger partial charge is 0.460 e. The van der Waals surface area contributed by atoms with Gasteiger partial charge in [0.15, 0.2) is 0 Å². The fourth-order valence-corrected chi connectivity index (χ4v) is 4.70. The molecule has 0 aliphatic carbocycles. The highest BCUT2D eigenvalue weighted by atomic mass is 35.5. The van der Waals surface area contributed by atoms with Gasteiger partial charge in [-0.3, -0.25) is 9.59 Å². The molecule has 1 aromatic rings. The number of rotatable bonds is 10. The molecule has 0 bridgehead atoms. The van der Waals surface area contributed by atoms with Crippen LogP contribution in [0, 0.1) is 0 Å². The maximum atomic E-state index is 11.9. The average Bonchev–Trinajstić information content (AvgIpc) is 2.98. The maximum absolute atomic E-state index is 11.9. The van der Waals surface area contributed by atoms with E-state index in [0.29, 0.717) is 5.56 Å². The van der Waals surface area contributed by atoms with Gasteiger partial charge in [-0.25, -0.2) is 0 Å². The summed E-state index contributed by atoms with van der Waals surface area (Å²) >= 11 is 21.2. The van der Waals surface area contributed by atoms with Crippen molar-refractivity contribution >= 4 is 56.9 Å². The molecule has 2 fully saturated rings. The Morgan fingerprint density at radius 3 is 1.61 bits per heavy atom. The Labute approximate surface area is 286 Å². The van der Waals surface area contributed by atoms with Crippen molar-refractivity contribution in [3.63, 3.8) is 0 Å². The SMILES string of the molecule is CC1(Cl)CCCCO1.CCC1(Cl)CCCCO1.CCCCCCCc1ccc(C(=O)Cl)cc1.O=C(Cl)C(F)(F)C(F)(F)C(F)(F)F. The molecule has 2 unspecified atom stereocenters. The predicted molar refractivity (Wildman–Crippen MR) is 169 cm³/mol. The van der Waals surface area contributed by atoms with E-state index in [9.17, 15) is 40.3 Å². The van der Waals surface area contributed by atoms with Crippen LogP contribution in [0.25, 0.3) is 0 Å². The molecule has 0 radical (unpaired) electrons. The van der Waals surface area contributed by atoms with Gasteiger partial charge in [-0.1, -0.05) is 74.9 Å². The Morgan fingerprint density at radius 1 is 0.783 bits per heavy atom. The van der Waals surface area contributed by atoms with Gasteiger partial charge in [0.25, 0.3) is 10.5 Å². The molecule has 0 aromatic heterocycles. The lowest BCUT2D eigenvalue weighted by Gasteiger charge is -2.29.